The summed E-state index contributed by atoms with van der Waals surface area (Å²) in [4.78, 5) is 11.6. The first-order valence-electron chi connectivity index (χ1n) is 5.84. The van der Waals surface area contributed by atoms with Crippen LogP contribution in [0, 0.1) is 0 Å². The molecule has 19 heavy (non-hydrogen) atoms. The van der Waals surface area contributed by atoms with Gasteiger partial charge in [-0.3, -0.25) is 4.79 Å². The zero-order chi connectivity index (χ0) is 13.7. The fourth-order valence-corrected chi connectivity index (χ4v) is 1.84. The lowest BCUT2D eigenvalue weighted by Gasteiger charge is -2.25. The van der Waals surface area contributed by atoms with Crippen LogP contribution in [0.4, 0.5) is 0 Å². The summed E-state index contributed by atoms with van der Waals surface area (Å²) in [6.07, 6.45) is 0.0467. The molecule has 2 rings (SSSR count). The van der Waals surface area contributed by atoms with Gasteiger partial charge in [-0.2, -0.15) is 0 Å². The van der Waals surface area contributed by atoms with Crippen molar-refractivity contribution in [1.29, 1.82) is 0 Å². The Morgan fingerprint density at radius 3 is 2.11 bits per heavy atom. The minimum atomic E-state index is -1.97. The lowest BCUT2D eigenvalue weighted by molar-refractivity contribution is -0.162. The Morgan fingerprint density at radius 2 is 1.58 bits per heavy atom. The summed E-state index contributed by atoms with van der Waals surface area (Å²) in [6.45, 7) is 0. The van der Waals surface area contributed by atoms with Gasteiger partial charge in [0.1, 0.15) is 5.75 Å². The molecule has 0 spiro atoms. The highest BCUT2D eigenvalue weighted by molar-refractivity contribution is 7.96. The smallest absolute Gasteiger partial charge is 0.282 e. The van der Waals surface area contributed by atoms with E-state index < -0.39 is 10.9 Å². The van der Waals surface area contributed by atoms with Crippen LogP contribution >= 0.6 is 12.6 Å². The van der Waals surface area contributed by atoms with Crippen molar-refractivity contribution in [3.05, 3.63) is 66.2 Å². The lowest BCUT2D eigenvalue weighted by Crippen LogP contribution is -2.44. The van der Waals surface area contributed by atoms with Crippen molar-refractivity contribution in [2.45, 2.75) is 12.2 Å². The molecule has 2 aromatic carbocycles. The molecular weight excluding hydrogens is 260 g/mol. The van der Waals surface area contributed by atoms with Crippen molar-refractivity contribution >= 4 is 17.7 Å². The SMILES string of the molecule is O=C(S)C(O)(Cc1ccccc1)Oc1ccccc1. The van der Waals surface area contributed by atoms with Gasteiger partial charge in [0.15, 0.2) is 0 Å². The molecule has 0 bridgehead atoms. The third-order valence-electron chi connectivity index (χ3n) is 2.65. The van der Waals surface area contributed by atoms with Crippen LogP contribution in [0.2, 0.25) is 0 Å². The summed E-state index contributed by atoms with van der Waals surface area (Å²) in [5.74, 6) is -1.55. The zero-order valence-corrected chi connectivity index (χ0v) is 11.1. The normalized spacial score (nSPS) is 13.6. The Hall–Kier alpha value is -1.78. The number of hydrogen-bond acceptors (Lipinski definition) is 3. The van der Waals surface area contributed by atoms with E-state index in [0.717, 1.165) is 5.56 Å². The van der Waals surface area contributed by atoms with Gasteiger partial charge in [0.2, 0.25) is 0 Å². The molecule has 0 saturated carbocycles. The van der Waals surface area contributed by atoms with Crippen LogP contribution in [-0.4, -0.2) is 16.0 Å². The molecule has 0 aliphatic rings. The number of benzene rings is 2. The van der Waals surface area contributed by atoms with E-state index in [0.29, 0.717) is 5.75 Å². The number of carbonyl (C=O) groups excluding carboxylic acids is 1. The van der Waals surface area contributed by atoms with Gasteiger partial charge in [-0.15, -0.1) is 0 Å². The number of aliphatic hydroxyl groups is 1. The predicted molar refractivity (Wildman–Crippen MR) is 76.2 cm³/mol. The number of hydrogen-bond donors (Lipinski definition) is 2. The molecule has 0 aliphatic carbocycles. The Balaban J connectivity index is 2.21. The molecule has 0 fully saturated rings. The minimum Gasteiger partial charge on any atom is -0.454 e. The molecular formula is C15H14O3S. The van der Waals surface area contributed by atoms with Gasteiger partial charge in [0, 0.05) is 6.42 Å². The van der Waals surface area contributed by atoms with Crippen LogP contribution in [0.15, 0.2) is 60.7 Å². The van der Waals surface area contributed by atoms with Crippen molar-refractivity contribution in [2.24, 2.45) is 0 Å². The molecule has 1 unspecified atom stereocenters. The van der Waals surface area contributed by atoms with E-state index in [1.807, 2.05) is 36.4 Å². The van der Waals surface area contributed by atoms with E-state index in [9.17, 15) is 9.90 Å². The maximum atomic E-state index is 11.6. The van der Waals surface area contributed by atoms with E-state index in [1.165, 1.54) is 0 Å². The summed E-state index contributed by atoms with van der Waals surface area (Å²) in [6, 6.07) is 17.9. The van der Waals surface area contributed by atoms with Gasteiger partial charge < -0.3 is 9.84 Å². The first kappa shape index (κ1) is 13.6. The average molecular weight is 274 g/mol. The fraction of sp³-hybridized carbons (Fsp3) is 0.133. The Kier molecular flexibility index (Phi) is 4.24. The largest absolute Gasteiger partial charge is 0.454 e. The van der Waals surface area contributed by atoms with Crippen LogP contribution in [0.1, 0.15) is 5.56 Å². The van der Waals surface area contributed by atoms with E-state index in [2.05, 4.69) is 12.6 Å². The van der Waals surface area contributed by atoms with Crippen molar-refractivity contribution in [1.82, 2.24) is 0 Å². The van der Waals surface area contributed by atoms with Gasteiger partial charge in [-0.1, -0.05) is 61.2 Å². The number of thiol groups is 1. The average Bonchev–Trinajstić information content (AvgIpc) is 2.40. The van der Waals surface area contributed by atoms with Gasteiger partial charge in [0.25, 0.3) is 10.9 Å². The molecule has 1 N–H and O–H groups in total. The number of ether oxygens (including phenoxy) is 1. The zero-order valence-electron chi connectivity index (χ0n) is 10.2. The molecule has 0 radical (unpaired) electrons. The topological polar surface area (TPSA) is 46.5 Å². The molecule has 0 aliphatic heterocycles. The molecule has 0 heterocycles. The first-order valence-corrected chi connectivity index (χ1v) is 6.29. The lowest BCUT2D eigenvalue weighted by atomic mass is 10.1. The van der Waals surface area contributed by atoms with Gasteiger partial charge >= 0.3 is 0 Å². The maximum Gasteiger partial charge on any atom is 0.282 e. The van der Waals surface area contributed by atoms with Crippen molar-refractivity contribution < 1.29 is 14.6 Å². The Morgan fingerprint density at radius 1 is 1.05 bits per heavy atom. The Bertz CT molecular complexity index is 498. The number of rotatable bonds is 5. The summed E-state index contributed by atoms with van der Waals surface area (Å²) in [5, 5.41) is 9.63. The van der Waals surface area contributed by atoms with Crippen molar-refractivity contribution in [3.63, 3.8) is 0 Å². The molecule has 1 atom stereocenters. The second-order valence-corrected chi connectivity index (χ2v) is 4.57. The highest BCUT2D eigenvalue weighted by Gasteiger charge is 2.36. The van der Waals surface area contributed by atoms with E-state index >= 15 is 0 Å². The van der Waals surface area contributed by atoms with E-state index in [-0.39, 0.29) is 6.42 Å². The first-order chi connectivity index (χ1) is 9.10. The van der Waals surface area contributed by atoms with Crippen LogP contribution in [0.3, 0.4) is 0 Å². The van der Waals surface area contributed by atoms with Crippen LogP contribution in [0.5, 0.6) is 5.75 Å². The van der Waals surface area contributed by atoms with Gasteiger partial charge in [-0.25, -0.2) is 0 Å². The molecule has 0 saturated heterocycles. The monoisotopic (exact) mass is 274 g/mol. The van der Waals surface area contributed by atoms with Gasteiger partial charge in [0.05, 0.1) is 0 Å². The molecule has 0 amide bonds. The van der Waals surface area contributed by atoms with Gasteiger partial charge in [-0.05, 0) is 17.7 Å². The van der Waals surface area contributed by atoms with Crippen molar-refractivity contribution in [3.8, 4) is 5.75 Å². The summed E-state index contributed by atoms with van der Waals surface area (Å²) < 4.78 is 5.40. The fourth-order valence-electron chi connectivity index (χ4n) is 1.71. The summed E-state index contributed by atoms with van der Waals surface area (Å²) in [7, 11) is 0. The molecule has 98 valence electrons. The third kappa shape index (κ3) is 3.59. The standard InChI is InChI=1S/C15H14O3S/c16-14(19)15(17,11-12-7-3-1-4-8-12)18-13-9-5-2-6-10-13/h1-10,17H,11H2,(H,16,19). The highest BCUT2D eigenvalue weighted by atomic mass is 32.1. The molecule has 0 aromatic heterocycles. The minimum absolute atomic E-state index is 0.0467. The predicted octanol–water partition coefficient (Wildman–Crippen LogP) is 2.45. The molecule has 2 aromatic rings. The van der Waals surface area contributed by atoms with Crippen molar-refractivity contribution in [2.75, 3.05) is 0 Å². The van der Waals surface area contributed by atoms with E-state index in [1.54, 1.807) is 24.3 Å². The second kappa shape index (κ2) is 5.91. The number of para-hydroxylation sites is 1. The highest BCUT2D eigenvalue weighted by Crippen LogP contribution is 2.22. The summed E-state index contributed by atoms with van der Waals surface area (Å²) in [5.41, 5.74) is 0.795. The number of carbonyl (C=O) groups is 1. The maximum absolute atomic E-state index is 11.6. The summed E-state index contributed by atoms with van der Waals surface area (Å²) >= 11 is 3.73. The van der Waals surface area contributed by atoms with Crippen LogP contribution in [0.25, 0.3) is 0 Å². The van der Waals surface area contributed by atoms with E-state index in [4.69, 9.17) is 4.74 Å². The molecule has 4 heteroatoms. The Labute approximate surface area is 117 Å². The third-order valence-corrected chi connectivity index (χ3v) is 3.00. The quantitative estimate of drug-likeness (QED) is 0.650. The molecule has 3 nitrogen and oxygen atoms in total. The van der Waals surface area contributed by atoms with Crippen LogP contribution in [-0.2, 0) is 11.2 Å². The second-order valence-electron chi connectivity index (χ2n) is 4.17. The van der Waals surface area contributed by atoms with Crippen LogP contribution < -0.4 is 4.74 Å².